The van der Waals surface area contributed by atoms with Crippen LogP contribution in [0, 0.1) is 22.9 Å². The molecule has 0 aromatic heterocycles. The molecule has 0 spiro atoms. The Morgan fingerprint density at radius 2 is 2.16 bits per heavy atom. The van der Waals surface area contributed by atoms with Gasteiger partial charge in [-0.15, -0.1) is 0 Å². The zero-order valence-corrected chi connectivity index (χ0v) is 10.6. The highest BCUT2D eigenvalue weighted by atomic mass is 19.1. The van der Waals surface area contributed by atoms with Crippen LogP contribution in [0.3, 0.4) is 0 Å². The number of carbonyl (C=O) groups excluding carboxylic acids is 1. The van der Waals surface area contributed by atoms with Crippen LogP contribution < -0.4 is 11.1 Å². The van der Waals surface area contributed by atoms with Crippen LogP contribution in [-0.4, -0.2) is 23.9 Å². The number of rotatable bonds is 6. The summed E-state index contributed by atoms with van der Waals surface area (Å²) in [5, 5.41) is 13.2. The fourth-order valence-corrected chi connectivity index (χ4v) is 1.59. The summed E-state index contributed by atoms with van der Waals surface area (Å²) in [4.78, 5) is 21.8. The fraction of sp³-hybridized carbons (Fsp3) is 0.417. The summed E-state index contributed by atoms with van der Waals surface area (Å²) in [5.41, 5.74) is 4.77. The number of amides is 1. The van der Waals surface area contributed by atoms with Gasteiger partial charge in [-0.05, 0) is 31.9 Å². The third-order valence-electron chi connectivity index (χ3n) is 2.61. The molecule has 6 nitrogen and oxygen atoms in total. The minimum absolute atomic E-state index is 0.0707. The highest BCUT2D eigenvalue weighted by molar-refractivity contribution is 5.95. The molecule has 0 heterocycles. The SMILES string of the molecule is Cc1cc([N+](=O)[O-])cc(C(=O)NCCCCN)c1F. The van der Waals surface area contributed by atoms with Gasteiger partial charge in [0.05, 0.1) is 10.5 Å². The Balaban J connectivity index is 2.86. The van der Waals surface area contributed by atoms with Gasteiger partial charge in [0.1, 0.15) is 5.82 Å². The highest BCUT2D eigenvalue weighted by Crippen LogP contribution is 2.20. The second kappa shape index (κ2) is 6.79. The molecule has 7 heteroatoms. The smallest absolute Gasteiger partial charge is 0.270 e. The van der Waals surface area contributed by atoms with Crippen molar-refractivity contribution >= 4 is 11.6 Å². The highest BCUT2D eigenvalue weighted by Gasteiger charge is 2.19. The summed E-state index contributed by atoms with van der Waals surface area (Å²) < 4.78 is 13.8. The minimum Gasteiger partial charge on any atom is -0.352 e. The molecular weight excluding hydrogens is 253 g/mol. The molecule has 0 aliphatic carbocycles. The molecule has 0 saturated heterocycles. The van der Waals surface area contributed by atoms with E-state index in [1.54, 1.807) is 0 Å². The molecule has 0 atom stereocenters. The summed E-state index contributed by atoms with van der Waals surface area (Å²) in [6.07, 6.45) is 1.43. The van der Waals surface area contributed by atoms with E-state index in [0.717, 1.165) is 18.6 Å². The van der Waals surface area contributed by atoms with Gasteiger partial charge in [0.25, 0.3) is 11.6 Å². The van der Waals surface area contributed by atoms with Gasteiger partial charge in [-0.3, -0.25) is 14.9 Å². The van der Waals surface area contributed by atoms with E-state index < -0.39 is 16.6 Å². The summed E-state index contributed by atoms with van der Waals surface area (Å²) in [6.45, 7) is 2.25. The number of unbranched alkanes of at least 4 members (excludes halogenated alkanes) is 1. The number of hydrogen-bond donors (Lipinski definition) is 2. The van der Waals surface area contributed by atoms with Crippen molar-refractivity contribution in [2.45, 2.75) is 19.8 Å². The minimum atomic E-state index is -0.734. The van der Waals surface area contributed by atoms with Gasteiger partial charge in [0.15, 0.2) is 0 Å². The van der Waals surface area contributed by atoms with Crippen LogP contribution in [0.25, 0.3) is 0 Å². The molecular formula is C12H16FN3O3. The first-order valence-electron chi connectivity index (χ1n) is 5.90. The first kappa shape index (κ1) is 15.0. The lowest BCUT2D eigenvalue weighted by atomic mass is 10.1. The van der Waals surface area contributed by atoms with Gasteiger partial charge < -0.3 is 11.1 Å². The predicted octanol–water partition coefficient (Wildman–Crippen LogP) is 1.51. The molecule has 3 N–H and O–H groups in total. The van der Waals surface area contributed by atoms with Crippen LogP contribution in [0.1, 0.15) is 28.8 Å². The molecule has 0 bridgehead atoms. The molecule has 104 valence electrons. The van der Waals surface area contributed by atoms with Gasteiger partial charge in [-0.1, -0.05) is 0 Å². The molecule has 19 heavy (non-hydrogen) atoms. The molecule has 1 aromatic rings. The quantitative estimate of drug-likeness (QED) is 0.464. The number of benzene rings is 1. The van der Waals surface area contributed by atoms with Crippen molar-refractivity contribution < 1.29 is 14.1 Å². The second-order valence-corrected chi connectivity index (χ2v) is 4.13. The van der Waals surface area contributed by atoms with Crippen molar-refractivity contribution in [3.05, 3.63) is 39.2 Å². The number of nitrogens with one attached hydrogen (secondary N) is 1. The van der Waals surface area contributed by atoms with E-state index in [4.69, 9.17) is 5.73 Å². The molecule has 1 rings (SSSR count). The molecule has 1 amide bonds. The Labute approximate surface area is 109 Å². The van der Waals surface area contributed by atoms with E-state index in [-0.39, 0.29) is 16.8 Å². The van der Waals surface area contributed by atoms with E-state index in [1.807, 2.05) is 0 Å². The maximum atomic E-state index is 13.8. The molecule has 0 saturated carbocycles. The molecule has 0 unspecified atom stereocenters. The lowest BCUT2D eigenvalue weighted by Crippen LogP contribution is -2.26. The zero-order chi connectivity index (χ0) is 14.4. The van der Waals surface area contributed by atoms with Crippen molar-refractivity contribution in [3.8, 4) is 0 Å². The number of nitro groups is 1. The summed E-state index contributed by atoms with van der Waals surface area (Å²) in [6, 6.07) is 2.04. The third-order valence-corrected chi connectivity index (χ3v) is 2.61. The van der Waals surface area contributed by atoms with E-state index in [0.29, 0.717) is 19.5 Å². The summed E-state index contributed by atoms with van der Waals surface area (Å²) >= 11 is 0. The fourth-order valence-electron chi connectivity index (χ4n) is 1.59. The normalized spacial score (nSPS) is 10.3. The number of hydrogen-bond acceptors (Lipinski definition) is 4. The van der Waals surface area contributed by atoms with Crippen LogP contribution in [0.4, 0.5) is 10.1 Å². The van der Waals surface area contributed by atoms with Gasteiger partial charge in [0.2, 0.25) is 0 Å². The molecule has 0 aliphatic rings. The second-order valence-electron chi connectivity index (χ2n) is 4.13. The number of halogens is 1. The van der Waals surface area contributed by atoms with Gasteiger partial charge in [0, 0.05) is 18.7 Å². The van der Waals surface area contributed by atoms with Gasteiger partial charge >= 0.3 is 0 Å². The van der Waals surface area contributed by atoms with E-state index >= 15 is 0 Å². The Morgan fingerprint density at radius 3 is 2.74 bits per heavy atom. The zero-order valence-electron chi connectivity index (χ0n) is 10.6. The van der Waals surface area contributed by atoms with Crippen molar-refractivity contribution in [1.82, 2.24) is 5.32 Å². The van der Waals surface area contributed by atoms with Crippen molar-refractivity contribution in [1.29, 1.82) is 0 Å². The van der Waals surface area contributed by atoms with Crippen LogP contribution in [0.2, 0.25) is 0 Å². The molecule has 0 fully saturated rings. The standard InChI is InChI=1S/C12H16FN3O3/c1-8-6-9(16(18)19)7-10(11(8)13)12(17)15-5-3-2-4-14/h6-7H,2-5,14H2,1H3,(H,15,17). The molecule has 1 aromatic carbocycles. The lowest BCUT2D eigenvalue weighted by Gasteiger charge is -2.07. The lowest BCUT2D eigenvalue weighted by molar-refractivity contribution is -0.385. The van der Waals surface area contributed by atoms with Gasteiger partial charge in [-0.2, -0.15) is 0 Å². The summed E-state index contributed by atoms with van der Waals surface area (Å²) in [5.74, 6) is -1.39. The Hall–Kier alpha value is -2.02. The van der Waals surface area contributed by atoms with Crippen molar-refractivity contribution in [3.63, 3.8) is 0 Å². The number of carbonyl (C=O) groups is 1. The third kappa shape index (κ3) is 3.99. The van der Waals surface area contributed by atoms with Crippen LogP contribution in [-0.2, 0) is 0 Å². The first-order chi connectivity index (χ1) is 8.97. The topological polar surface area (TPSA) is 98.3 Å². The average molecular weight is 269 g/mol. The van der Waals surface area contributed by atoms with E-state index in [9.17, 15) is 19.3 Å². The summed E-state index contributed by atoms with van der Waals surface area (Å²) in [7, 11) is 0. The Morgan fingerprint density at radius 1 is 1.47 bits per heavy atom. The van der Waals surface area contributed by atoms with Crippen LogP contribution in [0.5, 0.6) is 0 Å². The molecule has 0 radical (unpaired) electrons. The maximum absolute atomic E-state index is 13.8. The van der Waals surface area contributed by atoms with Crippen molar-refractivity contribution in [2.75, 3.05) is 13.1 Å². The monoisotopic (exact) mass is 269 g/mol. The van der Waals surface area contributed by atoms with Crippen molar-refractivity contribution in [2.24, 2.45) is 5.73 Å². The number of non-ortho nitro benzene ring substituents is 1. The largest absolute Gasteiger partial charge is 0.352 e. The Kier molecular flexibility index (Phi) is 5.37. The number of nitrogens with two attached hydrogens (primary N) is 1. The number of nitrogens with zero attached hydrogens (tertiary/aromatic N) is 1. The Bertz CT molecular complexity index is 491. The average Bonchev–Trinajstić information content (AvgIpc) is 2.37. The first-order valence-corrected chi connectivity index (χ1v) is 5.90. The maximum Gasteiger partial charge on any atom is 0.270 e. The van der Waals surface area contributed by atoms with Crippen LogP contribution in [0.15, 0.2) is 12.1 Å². The number of aryl methyl sites for hydroxylation is 1. The molecule has 0 aliphatic heterocycles. The predicted molar refractivity (Wildman–Crippen MR) is 68.4 cm³/mol. The number of nitro benzene ring substituents is 1. The van der Waals surface area contributed by atoms with E-state index in [2.05, 4.69) is 5.32 Å². The van der Waals surface area contributed by atoms with Crippen LogP contribution >= 0.6 is 0 Å². The van der Waals surface area contributed by atoms with E-state index in [1.165, 1.54) is 6.92 Å². The van der Waals surface area contributed by atoms with Gasteiger partial charge in [-0.25, -0.2) is 4.39 Å².